The zero-order valence-electron chi connectivity index (χ0n) is 12.6. The van der Waals surface area contributed by atoms with Crippen molar-refractivity contribution < 1.29 is 14.3 Å². The number of rotatable bonds is 2. The molecule has 1 aromatic rings. The first-order valence-corrected chi connectivity index (χ1v) is 7.73. The summed E-state index contributed by atoms with van der Waals surface area (Å²) in [7, 11) is 0. The Morgan fingerprint density at radius 2 is 2.14 bits per heavy atom. The minimum Gasteiger partial charge on any atom is -0.487 e. The van der Waals surface area contributed by atoms with Crippen LogP contribution in [0, 0.1) is 0 Å². The average molecular weight is 357 g/mol. The summed E-state index contributed by atoms with van der Waals surface area (Å²) in [6.45, 7) is 6.76. The van der Waals surface area contributed by atoms with Gasteiger partial charge < -0.3 is 20.1 Å². The van der Waals surface area contributed by atoms with Crippen molar-refractivity contribution in [3.63, 3.8) is 0 Å². The van der Waals surface area contributed by atoms with Crippen LogP contribution in [0.2, 0.25) is 0 Å². The van der Waals surface area contributed by atoms with Gasteiger partial charge in [-0.05, 0) is 54.9 Å². The van der Waals surface area contributed by atoms with Crippen LogP contribution in [-0.2, 0) is 4.74 Å². The Kier molecular flexibility index (Phi) is 4.66. The van der Waals surface area contributed by atoms with Crippen molar-refractivity contribution in [2.75, 3.05) is 18.8 Å². The van der Waals surface area contributed by atoms with Gasteiger partial charge in [0.1, 0.15) is 17.5 Å². The van der Waals surface area contributed by atoms with Crippen molar-refractivity contribution >= 4 is 27.7 Å². The molecule has 0 aliphatic carbocycles. The highest BCUT2D eigenvalue weighted by Crippen LogP contribution is 2.29. The van der Waals surface area contributed by atoms with Crippen LogP contribution in [0.25, 0.3) is 0 Å². The number of hydrogen-bond donors (Lipinski definition) is 1. The van der Waals surface area contributed by atoms with Gasteiger partial charge in [-0.1, -0.05) is 0 Å². The van der Waals surface area contributed by atoms with E-state index >= 15 is 0 Å². The van der Waals surface area contributed by atoms with Crippen molar-refractivity contribution in [2.45, 2.75) is 38.9 Å². The van der Waals surface area contributed by atoms with E-state index in [0.29, 0.717) is 18.8 Å². The third kappa shape index (κ3) is 4.52. The Hall–Kier alpha value is -1.43. The molecule has 21 heavy (non-hydrogen) atoms. The summed E-state index contributed by atoms with van der Waals surface area (Å²) in [6.07, 6.45) is 0.471. The van der Waals surface area contributed by atoms with Crippen LogP contribution in [0.5, 0.6) is 5.75 Å². The normalized spacial score (nSPS) is 18.7. The molecule has 1 aromatic carbocycles. The van der Waals surface area contributed by atoms with E-state index in [1.54, 1.807) is 17.0 Å². The van der Waals surface area contributed by atoms with E-state index in [2.05, 4.69) is 15.9 Å². The number of benzene rings is 1. The SMILES string of the molecule is CC(C)(C)OC(=O)N1CC[C@H](Oc2ccc(N)cc2Br)C1. The molecule has 6 heteroatoms. The molecular weight excluding hydrogens is 336 g/mol. The molecule has 0 spiro atoms. The lowest BCUT2D eigenvalue weighted by Gasteiger charge is -2.24. The number of hydrogen-bond acceptors (Lipinski definition) is 4. The Labute approximate surface area is 133 Å². The Balaban J connectivity index is 1.92. The lowest BCUT2D eigenvalue weighted by molar-refractivity contribution is 0.0275. The molecule has 0 saturated carbocycles. The van der Waals surface area contributed by atoms with E-state index in [0.717, 1.165) is 16.6 Å². The number of carbonyl (C=O) groups excluding carboxylic acids is 1. The first kappa shape index (κ1) is 15.9. The molecule has 116 valence electrons. The Morgan fingerprint density at radius 1 is 1.43 bits per heavy atom. The number of amides is 1. The van der Waals surface area contributed by atoms with Crippen LogP contribution in [0.3, 0.4) is 0 Å². The zero-order valence-corrected chi connectivity index (χ0v) is 14.1. The number of nitrogens with zero attached hydrogens (tertiary/aromatic N) is 1. The lowest BCUT2D eigenvalue weighted by Crippen LogP contribution is -2.36. The molecule has 1 fully saturated rings. The van der Waals surface area contributed by atoms with Crippen LogP contribution < -0.4 is 10.5 Å². The predicted molar refractivity (Wildman–Crippen MR) is 85.4 cm³/mol. The van der Waals surface area contributed by atoms with E-state index in [9.17, 15) is 4.79 Å². The molecule has 1 aliphatic heterocycles. The number of halogens is 1. The average Bonchev–Trinajstić information content (AvgIpc) is 2.79. The van der Waals surface area contributed by atoms with E-state index < -0.39 is 5.60 Å². The molecule has 0 unspecified atom stereocenters. The minimum absolute atomic E-state index is 0.0301. The summed E-state index contributed by atoms with van der Waals surface area (Å²) < 4.78 is 12.1. The maximum Gasteiger partial charge on any atom is 0.410 e. The number of ether oxygens (including phenoxy) is 2. The summed E-state index contributed by atoms with van der Waals surface area (Å²) in [6, 6.07) is 5.42. The number of nitrogen functional groups attached to an aromatic ring is 1. The van der Waals surface area contributed by atoms with Gasteiger partial charge in [0.05, 0.1) is 11.0 Å². The highest BCUT2D eigenvalue weighted by Gasteiger charge is 2.31. The van der Waals surface area contributed by atoms with Gasteiger partial charge in [0.15, 0.2) is 0 Å². The highest BCUT2D eigenvalue weighted by atomic mass is 79.9. The van der Waals surface area contributed by atoms with E-state index in [1.165, 1.54) is 0 Å². The molecule has 1 saturated heterocycles. The van der Waals surface area contributed by atoms with Crippen molar-refractivity contribution in [2.24, 2.45) is 0 Å². The van der Waals surface area contributed by atoms with E-state index in [4.69, 9.17) is 15.2 Å². The summed E-state index contributed by atoms with van der Waals surface area (Å²) in [4.78, 5) is 13.7. The Morgan fingerprint density at radius 3 is 2.76 bits per heavy atom. The van der Waals surface area contributed by atoms with Crippen LogP contribution >= 0.6 is 15.9 Å². The molecule has 1 heterocycles. The molecule has 0 bridgehead atoms. The zero-order chi connectivity index (χ0) is 15.6. The van der Waals surface area contributed by atoms with E-state index in [1.807, 2.05) is 26.8 Å². The van der Waals surface area contributed by atoms with Crippen molar-refractivity contribution in [3.05, 3.63) is 22.7 Å². The molecule has 2 N–H and O–H groups in total. The lowest BCUT2D eigenvalue weighted by atomic mass is 10.2. The monoisotopic (exact) mass is 356 g/mol. The second kappa shape index (κ2) is 6.13. The fourth-order valence-corrected chi connectivity index (χ4v) is 2.60. The maximum absolute atomic E-state index is 12.0. The third-order valence-electron chi connectivity index (χ3n) is 3.05. The largest absolute Gasteiger partial charge is 0.487 e. The van der Waals surface area contributed by atoms with Crippen LogP contribution in [0.1, 0.15) is 27.2 Å². The number of likely N-dealkylation sites (tertiary alicyclic amines) is 1. The first-order chi connectivity index (χ1) is 9.74. The van der Waals surface area contributed by atoms with Gasteiger partial charge in [-0.25, -0.2) is 4.79 Å². The van der Waals surface area contributed by atoms with Crippen LogP contribution in [-0.4, -0.2) is 35.8 Å². The molecule has 2 rings (SSSR count). The summed E-state index contributed by atoms with van der Waals surface area (Å²) in [5, 5.41) is 0. The van der Waals surface area contributed by atoms with E-state index in [-0.39, 0.29) is 12.2 Å². The van der Waals surface area contributed by atoms with Crippen LogP contribution in [0.4, 0.5) is 10.5 Å². The number of carbonyl (C=O) groups is 1. The molecule has 1 amide bonds. The van der Waals surface area contributed by atoms with Gasteiger partial charge in [-0.3, -0.25) is 0 Å². The van der Waals surface area contributed by atoms with Gasteiger partial charge in [-0.15, -0.1) is 0 Å². The summed E-state index contributed by atoms with van der Waals surface area (Å²) in [5.74, 6) is 0.736. The second-order valence-electron chi connectivity index (χ2n) is 6.14. The smallest absolute Gasteiger partial charge is 0.410 e. The van der Waals surface area contributed by atoms with Gasteiger partial charge >= 0.3 is 6.09 Å². The van der Waals surface area contributed by atoms with Crippen molar-refractivity contribution in [3.8, 4) is 5.75 Å². The maximum atomic E-state index is 12.0. The quantitative estimate of drug-likeness (QED) is 0.824. The van der Waals surface area contributed by atoms with Gasteiger partial charge in [0.2, 0.25) is 0 Å². The second-order valence-corrected chi connectivity index (χ2v) is 7.00. The summed E-state index contributed by atoms with van der Waals surface area (Å²) >= 11 is 3.43. The van der Waals surface area contributed by atoms with Crippen molar-refractivity contribution in [1.29, 1.82) is 0 Å². The third-order valence-corrected chi connectivity index (χ3v) is 3.67. The van der Waals surface area contributed by atoms with Gasteiger partial charge in [-0.2, -0.15) is 0 Å². The standard InChI is InChI=1S/C15H21BrN2O3/c1-15(2,3)21-14(19)18-7-6-11(9-18)20-13-5-4-10(17)8-12(13)16/h4-5,8,11H,6-7,9,17H2,1-3H3/t11-/m0/s1. The van der Waals surface area contributed by atoms with Gasteiger partial charge in [0.25, 0.3) is 0 Å². The fraction of sp³-hybridized carbons (Fsp3) is 0.533. The molecular formula is C15H21BrN2O3. The van der Waals surface area contributed by atoms with Gasteiger partial charge in [0, 0.05) is 18.7 Å². The highest BCUT2D eigenvalue weighted by molar-refractivity contribution is 9.10. The minimum atomic E-state index is -0.476. The molecule has 1 aliphatic rings. The molecule has 0 radical (unpaired) electrons. The topological polar surface area (TPSA) is 64.8 Å². The molecule has 0 aromatic heterocycles. The van der Waals surface area contributed by atoms with Crippen LogP contribution in [0.15, 0.2) is 22.7 Å². The number of nitrogens with two attached hydrogens (primary N) is 1. The number of anilines is 1. The fourth-order valence-electron chi connectivity index (χ4n) is 2.11. The van der Waals surface area contributed by atoms with Crippen molar-refractivity contribution in [1.82, 2.24) is 4.90 Å². The first-order valence-electron chi connectivity index (χ1n) is 6.94. The predicted octanol–water partition coefficient (Wildman–Crippen LogP) is 3.42. The molecule has 1 atom stereocenters. The summed E-state index contributed by atoms with van der Waals surface area (Å²) in [5.41, 5.74) is 5.90. The Bertz CT molecular complexity index is 528. The molecule has 5 nitrogen and oxygen atoms in total.